The fourth-order valence-corrected chi connectivity index (χ4v) is 2.24. The average Bonchev–Trinajstić information content (AvgIpc) is 2.88. The number of aryl methyl sites for hydroxylation is 2. The Bertz CT molecular complexity index is 647. The molecule has 0 spiro atoms. The van der Waals surface area contributed by atoms with E-state index in [1.165, 1.54) is 11.1 Å². The molecule has 0 atom stereocenters. The van der Waals surface area contributed by atoms with Crippen LogP contribution < -0.4 is 0 Å². The van der Waals surface area contributed by atoms with E-state index in [9.17, 15) is 0 Å². The normalized spacial score (nSPS) is 10.6. The van der Waals surface area contributed by atoms with Crippen LogP contribution in [0.3, 0.4) is 0 Å². The van der Waals surface area contributed by atoms with Gasteiger partial charge in [-0.05, 0) is 38.1 Å². The Kier molecular flexibility index (Phi) is 2.96. The lowest BCUT2D eigenvalue weighted by Gasteiger charge is -2.00. The Labute approximate surface area is 113 Å². The molecule has 19 heavy (non-hydrogen) atoms. The van der Waals surface area contributed by atoms with E-state index >= 15 is 0 Å². The van der Waals surface area contributed by atoms with Gasteiger partial charge in [0, 0.05) is 11.1 Å². The fourth-order valence-electron chi connectivity index (χ4n) is 2.24. The lowest BCUT2D eigenvalue weighted by Crippen LogP contribution is -1.77. The maximum Gasteiger partial charge on any atom is 0.134 e. The van der Waals surface area contributed by atoms with Gasteiger partial charge in [0.25, 0.3) is 0 Å². The lowest BCUT2D eigenvalue weighted by atomic mass is 10.1. The molecular formula is C18H16O. The maximum absolute atomic E-state index is 5.97. The Morgan fingerprint density at radius 1 is 0.632 bits per heavy atom. The standard InChI is InChI=1S/C18H16O/c1-13-5-3-7-15(11-13)17-9-10-18(19-17)16-8-4-6-14(2)12-16/h3-12H,1-2H3. The number of hydrogen-bond donors (Lipinski definition) is 0. The van der Waals surface area contributed by atoms with Crippen LogP contribution in [0.5, 0.6) is 0 Å². The molecule has 94 valence electrons. The van der Waals surface area contributed by atoms with Crippen molar-refractivity contribution >= 4 is 0 Å². The average molecular weight is 248 g/mol. The van der Waals surface area contributed by atoms with E-state index in [4.69, 9.17) is 4.42 Å². The third-order valence-corrected chi connectivity index (χ3v) is 3.21. The summed E-state index contributed by atoms with van der Waals surface area (Å²) in [5, 5.41) is 0. The van der Waals surface area contributed by atoms with Gasteiger partial charge >= 0.3 is 0 Å². The summed E-state index contributed by atoms with van der Waals surface area (Å²) in [6.07, 6.45) is 0. The van der Waals surface area contributed by atoms with Crippen molar-refractivity contribution in [1.29, 1.82) is 0 Å². The van der Waals surface area contributed by atoms with E-state index in [2.05, 4.69) is 62.4 Å². The predicted molar refractivity (Wildman–Crippen MR) is 79.1 cm³/mol. The molecule has 1 heterocycles. The first-order valence-electron chi connectivity index (χ1n) is 6.46. The highest BCUT2D eigenvalue weighted by Crippen LogP contribution is 2.29. The van der Waals surface area contributed by atoms with Gasteiger partial charge in [-0.2, -0.15) is 0 Å². The molecule has 0 unspecified atom stereocenters. The molecule has 3 rings (SSSR count). The fraction of sp³-hybridized carbons (Fsp3) is 0.111. The summed E-state index contributed by atoms with van der Waals surface area (Å²) in [5.74, 6) is 1.83. The Hall–Kier alpha value is -2.28. The van der Waals surface area contributed by atoms with E-state index in [0.717, 1.165) is 22.6 Å². The smallest absolute Gasteiger partial charge is 0.134 e. The lowest BCUT2D eigenvalue weighted by molar-refractivity contribution is 0.597. The molecule has 0 aliphatic heterocycles. The van der Waals surface area contributed by atoms with E-state index in [-0.39, 0.29) is 0 Å². The summed E-state index contributed by atoms with van der Waals surface area (Å²) >= 11 is 0. The zero-order valence-electron chi connectivity index (χ0n) is 11.2. The molecule has 1 heteroatoms. The van der Waals surface area contributed by atoms with Gasteiger partial charge in [0.2, 0.25) is 0 Å². The molecule has 0 aliphatic carbocycles. The van der Waals surface area contributed by atoms with E-state index < -0.39 is 0 Å². The van der Waals surface area contributed by atoms with Gasteiger partial charge in [0.05, 0.1) is 0 Å². The number of hydrogen-bond acceptors (Lipinski definition) is 1. The van der Waals surface area contributed by atoms with Crippen LogP contribution in [0.15, 0.2) is 65.1 Å². The molecule has 0 saturated heterocycles. The van der Waals surface area contributed by atoms with Crippen LogP contribution >= 0.6 is 0 Å². The highest BCUT2D eigenvalue weighted by atomic mass is 16.3. The van der Waals surface area contributed by atoms with E-state index in [0.29, 0.717) is 0 Å². The van der Waals surface area contributed by atoms with Gasteiger partial charge in [-0.25, -0.2) is 0 Å². The van der Waals surface area contributed by atoms with Crippen LogP contribution in [0.4, 0.5) is 0 Å². The topological polar surface area (TPSA) is 13.1 Å². The largest absolute Gasteiger partial charge is 0.456 e. The van der Waals surface area contributed by atoms with Crippen LogP contribution in [-0.2, 0) is 0 Å². The van der Waals surface area contributed by atoms with Crippen molar-refractivity contribution in [3.8, 4) is 22.6 Å². The SMILES string of the molecule is Cc1cccc(-c2ccc(-c3cccc(C)c3)o2)c1. The molecule has 1 nitrogen and oxygen atoms in total. The zero-order chi connectivity index (χ0) is 13.2. The van der Waals surface area contributed by atoms with Crippen LogP contribution in [0, 0.1) is 13.8 Å². The summed E-state index contributed by atoms with van der Waals surface area (Å²) in [7, 11) is 0. The minimum atomic E-state index is 0.917. The van der Waals surface area contributed by atoms with Crippen LogP contribution in [0.25, 0.3) is 22.6 Å². The van der Waals surface area contributed by atoms with E-state index in [1.54, 1.807) is 0 Å². The van der Waals surface area contributed by atoms with Gasteiger partial charge in [-0.15, -0.1) is 0 Å². The van der Waals surface area contributed by atoms with Crippen molar-refractivity contribution in [2.45, 2.75) is 13.8 Å². The molecule has 0 fully saturated rings. The molecule has 2 aromatic carbocycles. The number of furan rings is 1. The molecule has 3 aromatic rings. The maximum atomic E-state index is 5.97. The second-order valence-electron chi connectivity index (χ2n) is 4.90. The van der Waals surface area contributed by atoms with Crippen molar-refractivity contribution in [2.75, 3.05) is 0 Å². The van der Waals surface area contributed by atoms with Crippen molar-refractivity contribution < 1.29 is 4.42 Å². The van der Waals surface area contributed by atoms with Crippen molar-refractivity contribution in [3.05, 3.63) is 71.8 Å². The second kappa shape index (κ2) is 4.77. The van der Waals surface area contributed by atoms with E-state index in [1.807, 2.05) is 12.1 Å². The molecular weight excluding hydrogens is 232 g/mol. The Morgan fingerprint density at radius 3 is 1.53 bits per heavy atom. The van der Waals surface area contributed by atoms with Gasteiger partial charge in [0.15, 0.2) is 0 Å². The highest BCUT2D eigenvalue weighted by Gasteiger charge is 2.06. The predicted octanol–water partition coefficient (Wildman–Crippen LogP) is 5.23. The Balaban J connectivity index is 2.00. The molecule has 1 aromatic heterocycles. The van der Waals surface area contributed by atoms with Crippen LogP contribution in [-0.4, -0.2) is 0 Å². The third-order valence-electron chi connectivity index (χ3n) is 3.21. The second-order valence-corrected chi connectivity index (χ2v) is 4.90. The van der Waals surface area contributed by atoms with Gasteiger partial charge < -0.3 is 4.42 Å². The van der Waals surface area contributed by atoms with Crippen molar-refractivity contribution in [1.82, 2.24) is 0 Å². The summed E-state index contributed by atoms with van der Waals surface area (Å²) in [6.45, 7) is 4.18. The summed E-state index contributed by atoms with van der Waals surface area (Å²) in [4.78, 5) is 0. The van der Waals surface area contributed by atoms with Crippen LogP contribution in [0.2, 0.25) is 0 Å². The summed E-state index contributed by atoms with van der Waals surface area (Å²) in [6, 6.07) is 20.8. The number of rotatable bonds is 2. The molecule has 0 bridgehead atoms. The first-order chi connectivity index (χ1) is 9.22. The first-order valence-corrected chi connectivity index (χ1v) is 6.46. The number of benzene rings is 2. The molecule has 0 saturated carbocycles. The van der Waals surface area contributed by atoms with Crippen LogP contribution in [0.1, 0.15) is 11.1 Å². The summed E-state index contributed by atoms with van der Waals surface area (Å²) < 4.78 is 5.97. The molecule has 0 aliphatic rings. The summed E-state index contributed by atoms with van der Waals surface area (Å²) in [5.41, 5.74) is 4.73. The van der Waals surface area contributed by atoms with Gasteiger partial charge in [-0.3, -0.25) is 0 Å². The highest BCUT2D eigenvalue weighted by molar-refractivity contribution is 5.65. The third kappa shape index (κ3) is 2.45. The minimum Gasteiger partial charge on any atom is -0.456 e. The zero-order valence-corrected chi connectivity index (χ0v) is 11.2. The Morgan fingerprint density at radius 2 is 1.11 bits per heavy atom. The molecule has 0 N–H and O–H groups in total. The molecule has 0 radical (unpaired) electrons. The monoisotopic (exact) mass is 248 g/mol. The molecule has 0 amide bonds. The minimum absolute atomic E-state index is 0.917. The quantitative estimate of drug-likeness (QED) is 0.605. The van der Waals surface area contributed by atoms with Gasteiger partial charge in [0.1, 0.15) is 11.5 Å². The van der Waals surface area contributed by atoms with Crippen molar-refractivity contribution in [3.63, 3.8) is 0 Å². The van der Waals surface area contributed by atoms with Gasteiger partial charge in [-0.1, -0.05) is 47.5 Å². The van der Waals surface area contributed by atoms with Crippen molar-refractivity contribution in [2.24, 2.45) is 0 Å². The first kappa shape index (κ1) is 11.8.